The molecular weight excluding hydrogens is 204 g/mol. The monoisotopic (exact) mass is 218 g/mol. The third kappa shape index (κ3) is 1.93. The Labute approximate surface area is 93.5 Å². The van der Waals surface area contributed by atoms with Gasteiger partial charge in [0.15, 0.2) is 0 Å². The third-order valence-electron chi connectivity index (χ3n) is 2.64. The van der Waals surface area contributed by atoms with E-state index in [0.717, 1.165) is 11.1 Å². The lowest BCUT2D eigenvalue weighted by Gasteiger charge is -2.26. The van der Waals surface area contributed by atoms with Gasteiger partial charge in [0.25, 0.3) is 0 Å². The number of allylic oxidation sites excluding steroid dienone is 2. The van der Waals surface area contributed by atoms with E-state index in [1.165, 1.54) is 6.08 Å². The first kappa shape index (κ1) is 10.7. The van der Waals surface area contributed by atoms with E-state index in [-0.39, 0.29) is 12.1 Å². The summed E-state index contributed by atoms with van der Waals surface area (Å²) in [6.45, 7) is 0. The summed E-state index contributed by atoms with van der Waals surface area (Å²) in [5.41, 5.74) is 13.5. The predicted molar refractivity (Wildman–Crippen MR) is 62.9 cm³/mol. The number of nitrogen functional groups attached to an aromatic ring is 1. The second-order valence-corrected chi connectivity index (χ2v) is 3.93. The normalized spacial score (nSPS) is 18.9. The molecule has 1 aromatic carbocycles. The van der Waals surface area contributed by atoms with Gasteiger partial charge in [0.05, 0.1) is 5.70 Å². The second-order valence-electron chi connectivity index (χ2n) is 3.93. The first-order chi connectivity index (χ1) is 7.49. The van der Waals surface area contributed by atoms with Gasteiger partial charge in [-0.1, -0.05) is 18.2 Å². The molecule has 0 saturated heterocycles. The van der Waals surface area contributed by atoms with Crippen LogP contribution in [-0.2, 0) is 0 Å². The molecule has 0 fully saturated rings. The Balaban J connectivity index is 2.34. The van der Waals surface area contributed by atoms with Gasteiger partial charge >= 0.3 is 0 Å². The fourth-order valence-corrected chi connectivity index (χ4v) is 1.65. The van der Waals surface area contributed by atoms with Crippen molar-refractivity contribution in [3.05, 3.63) is 47.7 Å². The molecule has 0 atom stereocenters. The Morgan fingerprint density at radius 3 is 2.19 bits per heavy atom. The average molecular weight is 218 g/mol. The molecule has 4 nitrogen and oxygen atoms in total. The molecule has 0 amide bonds. The molecule has 0 bridgehead atoms. The number of aliphatic hydroxyl groups is 2. The average Bonchev–Trinajstić information content (AvgIpc) is 2.23. The van der Waals surface area contributed by atoms with Gasteiger partial charge in [-0.3, -0.25) is 0 Å². The molecule has 2 rings (SSSR count). The van der Waals surface area contributed by atoms with Crippen LogP contribution in [0.15, 0.2) is 42.1 Å². The zero-order valence-corrected chi connectivity index (χ0v) is 8.72. The van der Waals surface area contributed by atoms with Crippen molar-refractivity contribution in [3.63, 3.8) is 0 Å². The van der Waals surface area contributed by atoms with Crippen LogP contribution >= 0.6 is 0 Å². The van der Waals surface area contributed by atoms with Crippen molar-refractivity contribution < 1.29 is 10.2 Å². The molecule has 0 aliphatic heterocycles. The summed E-state index contributed by atoms with van der Waals surface area (Å²) in [6.07, 6.45) is 3.37. The highest BCUT2D eigenvalue weighted by molar-refractivity contribution is 5.70. The fraction of sp³-hybridized carbons (Fsp3) is 0.167. The number of benzene rings is 1. The smallest absolute Gasteiger partial charge is 0.208 e. The molecule has 1 aliphatic rings. The van der Waals surface area contributed by atoms with Gasteiger partial charge in [0, 0.05) is 12.1 Å². The van der Waals surface area contributed by atoms with Crippen molar-refractivity contribution in [1.82, 2.24) is 0 Å². The number of anilines is 1. The second kappa shape index (κ2) is 3.66. The quantitative estimate of drug-likeness (QED) is 0.410. The Morgan fingerprint density at radius 1 is 1.00 bits per heavy atom. The van der Waals surface area contributed by atoms with E-state index in [2.05, 4.69) is 0 Å². The minimum absolute atomic E-state index is 0.0618. The van der Waals surface area contributed by atoms with E-state index in [4.69, 9.17) is 11.5 Å². The molecular formula is C12H14N2O2. The SMILES string of the molecule is NC1=CC=C(c2ccc(N)cc2)CC1(O)O. The largest absolute Gasteiger partial charge is 0.399 e. The summed E-state index contributed by atoms with van der Waals surface area (Å²) in [7, 11) is 0. The van der Waals surface area contributed by atoms with E-state index >= 15 is 0 Å². The minimum Gasteiger partial charge on any atom is -0.399 e. The molecule has 0 radical (unpaired) electrons. The van der Waals surface area contributed by atoms with Crippen molar-refractivity contribution in [1.29, 1.82) is 0 Å². The highest BCUT2D eigenvalue weighted by Crippen LogP contribution is 2.30. The van der Waals surface area contributed by atoms with Crippen molar-refractivity contribution >= 4 is 11.3 Å². The molecule has 0 unspecified atom stereocenters. The van der Waals surface area contributed by atoms with Crippen molar-refractivity contribution in [3.8, 4) is 0 Å². The van der Waals surface area contributed by atoms with Crippen molar-refractivity contribution in [2.24, 2.45) is 5.73 Å². The summed E-state index contributed by atoms with van der Waals surface area (Å²) >= 11 is 0. The molecule has 4 heteroatoms. The highest BCUT2D eigenvalue weighted by Gasteiger charge is 2.30. The molecule has 0 heterocycles. The molecule has 84 valence electrons. The maximum absolute atomic E-state index is 9.63. The van der Waals surface area contributed by atoms with Crippen LogP contribution in [0.4, 0.5) is 5.69 Å². The zero-order chi connectivity index (χ0) is 11.8. The van der Waals surface area contributed by atoms with Crippen LogP contribution in [0.3, 0.4) is 0 Å². The molecule has 1 aromatic rings. The molecule has 0 aromatic heterocycles. The molecule has 0 spiro atoms. The predicted octanol–water partition coefficient (Wildman–Crippen LogP) is 0.579. The Kier molecular flexibility index (Phi) is 2.46. The fourth-order valence-electron chi connectivity index (χ4n) is 1.65. The maximum Gasteiger partial charge on any atom is 0.208 e. The van der Waals surface area contributed by atoms with Gasteiger partial charge < -0.3 is 21.7 Å². The van der Waals surface area contributed by atoms with Gasteiger partial charge in [-0.2, -0.15) is 0 Å². The lowest BCUT2D eigenvalue weighted by Crippen LogP contribution is -2.36. The topological polar surface area (TPSA) is 92.5 Å². The van der Waals surface area contributed by atoms with Crippen LogP contribution in [0.2, 0.25) is 0 Å². The standard InChI is InChI=1S/C12H14N2O2/c13-10-4-1-8(2-5-10)9-3-6-11(14)12(15,16)7-9/h1-6,15-16H,7,13-14H2. The Hall–Kier alpha value is -1.78. The lowest BCUT2D eigenvalue weighted by molar-refractivity contribution is -0.124. The molecule has 6 N–H and O–H groups in total. The summed E-state index contributed by atoms with van der Waals surface area (Å²) in [4.78, 5) is 0. The van der Waals surface area contributed by atoms with Crippen LogP contribution in [0.25, 0.3) is 5.57 Å². The van der Waals surface area contributed by atoms with E-state index < -0.39 is 5.79 Å². The third-order valence-corrected chi connectivity index (χ3v) is 2.64. The summed E-state index contributed by atoms with van der Waals surface area (Å²) in [5.74, 6) is -1.95. The number of hydrogen-bond acceptors (Lipinski definition) is 4. The Bertz CT molecular complexity index is 458. The van der Waals surface area contributed by atoms with Gasteiger partial charge in [-0.05, 0) is 29.3 Å². The molecule has 1 aliphatic carbocycles. The van der Waals surface area contributed by atoms with E-state index in [1.54, 1.807) is 18.2 Å². The molecule has 16 heavy (non-hydrogen) atoms. The van der Waals surface area contributed by atoms with E-state index in [9.17, 15) is 10.2 Å². The summed E-state index contributed by atoms with van der Waals surface area (Å²) in [6, 6.07) is 7.22. The first-order valence-electron chi connectivity index (χ1n) is 4.96. The van der Waals surface area contributed by atoms with Crippen LogP contribution < -0.4 is 11.5 Å². The maximum atomic E-state index is 9.63. The number of nitrogens with two attached hydrogens (primary N) is 2. The molecule has 0 saturated carbocycles. The van der Waals surface area contributed by atoms with E-state index in [0.29, 0.717) is 5.69 Å². The van der Waals surface area contributed by atoms with Crippen molar-refractivity contribution in [2.45, 2.75) is 12.2 Å². The van der Waals surface area contributed by atoms with Crippen molar-refractivity contribution in [2.75, 3.05) is 5.73 Å². The van der Waals surface area contributed by atoms with Gasteiger partial charge in [-0.15, -0.1) is 0 Å². The van der Waals surface area contributed by atoms with Crippen LogP contribution in [-0.4, -0.2) is 16.0 Å². The summed E-state index contributed by atoms with van der Waals surface area (Å²) in [5, 5.41) is 19.3. The number of rotatable bonds is 1. The van der Waals surface area contributed by atoms with Gasteiger partial charge in [-0.25, -0.2) is 0 Å². The lowest BCUT2D eigenvalue weighted by atomic mass is 9.92. The first-order valence-corrected chi connectivity index (χ1v) is 4.96. The van der Waals surface area contributed by atoms with Crippen LogP contribution in [0.1, 0.15) is 12.0 Å². The number of hydrogen-bond donors (Lipinski definition) is 4. The van der Waals surface area contributed by atoms with Crippen LogP contribution in [0, 0.1) is 0 Å². The van der Waals surface area contributed by atoms with Gasteiger partial charge in [0.2, 0.25) is 5.79 Å². The zero-order valence-electron chi connectivity index (χ0n) is 8.72. The Morgan fingerprint density at radius 2 is 1.62 bits per heavy atom. The highest BCUT2D eigenvalue weighted by atomic mass is 16.5. The van der Waals surface area contributed by atoms with Crippen LogP contribution in [0.5, 0.6) is 0 Å². The van der Waals surface area contributed by atoms with E-state index in [1.807, 2.05) is 12.1 Å². The summed E-state index contributed by atoms with van der Waals surface area (Å²) < 4.78 is 0. The minimum atomic E-state index is -1.95. The van der Waals surface area contributed by atoms with Gasteiger partial charge in [0.1, 0.15) is 0 Å².